The van der Waals surface area contributed by atoms with Crippen molar-refractivity contribution in [1.82, 2.24) is 0 Å². The molecule has 4 bridgehead atoms. The summed E-state index contributed by atoms with van der Waals surface area (Å²) >= 11 is 0. The van der Waals surface area contributed by atoms with Gasteiger partial charge in [0.1, 0.15) is 11.5 Å². The first kappa shape index (κ1) is 13.7. The van der Waals surface area contributed by atoms with E-state index in [2.05, 4.69) is 24.3 Å². The molecule has 4 saturated carbocycles. The average molecular weight is 304 g/mol. The van der Waals surface area contributed by atoms with Crippen molar-refractivity contribution < 1.29 is 4.74 Å². The van der Waals surface area contributed by atoms with Gasteiger partial charge in [0.15, 0.2) is 0 Å². The Hall–Kier alpha value is -1.76. The summed E-state index contributed by atoms with van der Waals surface area (Å²) in [6.45, 7) is 0. The van der Waals surface area contributed by atoms with Gasteiger partial charge in [-0.25, -0.2) is 0 Å². The maximum absolute atomic E-state index is 6.27. The van der Waals surface area contributed by atoms with Gasteiger partial charge in [-0.1, -0.05) is 36.4 Å². The van der Waals surface area contributed by atoms with Crippen molar-refractivity contribution in [1.29, 1.82) is 0 Å². The van der Waals surface area contributed by atoms with Crippen LogP contribution in [0.3, 0.4) is 0 Å². The van der Waals surface area contributed by atoms with Crippen LogP contribution in [0.2, 0.25) is 0 Å². The van der Waals surface area contributed by atoms with Crippen molar-refractivity contribution in [3.8, 4) is 11.5 Å². The lowest BCUT2D eigenvalue weighted by Gasteiger charge is -2.54. The highest BCUT2D eigenvalue weighted by atomic mass is 16.5. The number of benzene rings is 2. The highest BCUT2D eigenvalue weighted by Gasteiger charge is 2.49. The monoisotopic (exact) mass is 304 g/mol. The van der Waals surface area contributed by atoms with E-state index < -0.39 is 0 Å². The maximum atomic E-state index is 6.27. The molecular formula is C22H24O. The van der Waals surface area contributed by atoms with E-state index in [9.17, 15) is 0 Å². The molecule has 4 aliphatic rings. The minimum atomic E-state index is 0.725. The van der Waals surface area contributed by atoms with Crippen LogP contribution in [0.25, 0.3) is 0 Å². The lowest BCUT2D eigenvalue weighted by Crippen LogP contribution is -2.43. The molecule has 118 valence electrons. The Bertz CT molecular complexity index is 662. The van der Waals surface area contributed by atoms with E-state index in [1.807, 2.05) is 30.3 Å². The van der Waals surface area contributed by atoms with Crippen molar-refractivity contribution in [3.05, 3.63) is 60.2 Å². The van der Waals surface area contributed by atoms with E-state index in [0.717, 1.165) is 41.1 Å². The molecule has 23 heavy (non-hydrogen) atoms. The molecule has 0 spiro atoms. The van der Waals surface area contributed by atoms with Crippen LogP contribution in [0.5, 0.6) is 11.5 Å². The third-order valence-electron chi connectivity index (χ3n) is 6.48. The molecule has 2 aromatic carbocycles. The molecule has 0 unspecified atom stereocenters. The van der Waals surface area contributed by atoms with Gasteiger partial charge in [0.25, 0.3) is 0 Å². The van der Waals surface area contributed by atoms with Crippen LogP contribution in [0.15, 0.2) is 54.6 Å². The zero-order valence-corrected chi connectivity index (χ0v) is 13.5. The molecule has 0 aliphatic heterocycles. The van der Waals surface area contributed by atoms with E-state index in [1.165, 1.54) is 37.7 Å². The first-order valence-electron chi connectivity index (χ1n) is 9.18. The summed E-state index contributed by atoms with van der Waals surface area (Å²) in [7, 11) is 0. The summed E-state index contributed by atoms with van der Waals surface area (Å²) in [6, 6.07) is 19.0. The van der Waals surface area contributed by atoms with Crippen molar-refractivity contribution >= 4 is 0 Å². The molecule has 0 N–H and O–H groups in total. The molecule has 4 fully saturated rings. The van der Waals surface area contributed by atoms with Crippen LogP contribution in [0.1, 0.15) is 43.6 Å². The predicted molar refractivity (Wildman–Crippen MR) is 92.7 cm³/mol. The van der Waals surface area contributed by atoms with Gasteiger partial charge in [-0.2, -0.15) is 0 Å². The Morgan fingerprint density at radius 2 is 1.26 bits per heavy atom. The van der Waals surface area contributed by atoms with Gasteiger partial charge in [-0.05, 0) is 85.5 Å². The Morgan fingerprint density at radius 1 is 0.652 bits per heavy atom. The second-order valence-electron chi connectivity index (χ2n) is 7.91. The molecule has 6 rings (SSSR count). The fraction of sp³-hybridized carbons (Fsp3) is 0.455. The van der Waals surface area contributed by atoms with Crippen LogP contribution in [0, 0.1) is 23.7 Å². The Balaban J connectivity index is 1.49. The Morgan fingerprint density at radius 3 is 1.96 bits per heavy atom. The first-order valence-corrected chi connectivity index (χ1v) is 9.18. The minimum absolute atomic E-state index is 0.725. The molecule has 1 heteroatoms. The molecular weight excluding hydrogens is 280 g/mol. The van der Waals surface area contributed by atoms with Crippen LogP contribution in [-0.2, 0) is 0 Å². The van der Waals surface area contributed by atoms with Gasteiger partial charge < -0.3 is 4.74 Å². The number of para-hydroxylation sites is 2. The van der Waals surface area contributed by atoms with Crippen molar-refractivity contribution in [3.63, 3.8) is 0 Å². The number of ether oxygens (including phenoxy) is 1. The normalized spacial score (nSPS) is 34.5. The minimum Gasteiger partial charge on any atom is -0.457 e. The summed E-state index contributed by atoms with van der Waals surface area (Å²) in [5.41, 5.74) is 1.46. The molecule has 1 nitrogen and oxygen atoms in total. The molecule has 4 aliphatic carbocycles. The van der Waals surface area contributed by atoms with E-state index in [-0.39, 0.29) is 0 Å². The lowest BCUT2D eigenvalue weighted by atomic mass is 9.50. The SMILES string of the molecule is c1ccc(Oc2ccccc2C2C3CC4CC(C3)CC2C4)cc1. The summed E-state index contributed by atoms with van der Waals surface area (Å²) < 4.78 is 6.27. The second kappa shape index (κ2) is 5.40. The van der Waals surface area contributed by atoms with Gasteiger partial charge >= 0.3 is 0 Å². The molecule has 0 radical (unpaired) electrons. The van der Waals surface area contributed by atoms with E-state index >= 15 is 0 Å². The van der Waals surface area contributed by atoms with Crippen LogP contribution in [0.4, 0.5) is 0 Å². The highest BCUT2D eigenvalue weighted by molar-refractivity contribution is 5.41. The molecule has 0 aromatic heterocycles. The van der Waals surface area contributed by atoms with E-state index in [0.29, 0.717) is 0 Å². The number of hydrogen-bond donors (Lipinski definition) is 0. The quantitative estimate of drug-likeness (QED) is 0.674. The standard InChI is InChI=1S/C22H24O/c1-2-6-19(7-3-1)23-21-9-5-4-8-20(21)22-17-11-15-10-16(13-17)14-18(22)12-15/h1-9,15-18,22H,10-14H2. The molecule has 2 aromatic rings. The topological polar surface area (TPSA) is 9.23 Å². The molecule has 0 heterocycles. The zero-order chi connectivity index (χ0) is 15.2. The van der Waals surface area contributed by atoms with Gasteiger partial charge in [0, 0.05) is 0 Å². The van der Waals surface area contributed by atoms with E-state index in [4.69, 9.17) is 4.74 Å². The van der Waals surface area contributed by atoms with Crippen LogP contribution in [-0.4, -0.2) is 0 Å². The Labute approximate surface area is 138 Å². The predicted octanol–water partition coefficient (Wildman–Crippen LogP) is 6.02. The number of rotatable bonds is 3. The van der Waals surface area contributed by atoms with E-state index in [1.54, 1.807) is 0 Å². The molecule has 0 amide bonds. The van der Waals surface area contributed by atoms with Crippen molar-refractivity contribution in [2.45, 2.75) is 38.0 Å². The molecule has 0 saturated heterocycles. The maximum Gasteiger partial charge on any atom is 0.130 e. The zero-order valence-electron chi connectivity index (χ0n) is 13.5. The number of hydrogen-bond acceptors (Lipinski definition) is 1. The summed E-state index contributed by atoms with van der Waals surface area (Å²) in [4.78, 5) is 0. The van der Waals surface area contributed by atoms with Gasteiger partial charge in [0.2, 0.25) is 0 Å². The van der Waals surface area contributed by atoms with Crippen molar-refractivity contribution in [2.24, 2.45) is 23.7 Å². The highest BCUT2D eigenvalue weighted by Crippen LogP contribution is 2.60. The van der Waals surface area contributed by atoms with Gasteiger partial charge in [-0.15, -0.1) is 0 Å². The van der Waals surface area contributed by atoms with Crippen molar-refractivity contribution in [2.75, 3.05) is 0 Å². The second-order valence-corrected chi connectivity index (χ2v) is 7.91. The fourth-order valence-corrected chi connectivity index (χ4v) is 5.90. The average Bonchev–Trinajstić information content (AvgIpc) is 2.56. The third-order valence-corrected chi connectivity index (χ3v) is 6.48. The van der Waals surface area contributed by atoms with Crippen LogP contribution < -0.4 is 4.74 Å². The lowest BCUT2D eigenvalue weighted by molar-refractivity contribution is -0.00335. The fourth-order valence-electron chi connectivity index (χ4n) is 5.90. The Kier molecular flexibility index (Phi) is 3.21. The third kappa shape index (κ3) is 2.38. The smallest absolute Gasteiger partial charge is 0.130 e. The van der Waals surface area contributed by atoms with Gasteiger partial charge in [-0.3, -0.25) is 0 Å². The van der Waals surface area contributed by atoms with Crippen LogP contribution >= 0.6 is 0 Å². The summed E-state index contributed by atoms with van der Waals surface area (Å²) in [5.74, 6) is 6.59. The van der Waals surface area contributed by atoms with Gasteiger partial charge in [0.05, 0.1) is 0 Å². The summed E-state index contributed by atoms with van der Waals surface area (Å²) in [5, 5.41) is 0. The first-order chi connectivity index (χ1) is 11.4. The molecule has 0 atom stereocenters. The largest absolute Gasteiger partial charge is 0.457 e. The summed E-state index contributed by atoms with van der Waals surface area (Å²) in [6.07, 6.45) is 7.34.